The van der Waals surface area contributed by atoms with Crippen molar-refractivity contribution in [2.24, 2.45) is 0 Å². The molecular formula is C29H23NO3. The predicted molar refractivity (Wildman–Crippen MR) is 131 cm³/mol. The van der Waals surface area contributed by atoms with Crippen LogP contribution in [0.3, 0.4) is 0 Å². The number of aryl methyl sites for hydroxylation is 2. The summed E-state index contributed by atoms with van der Waals surface area (Å²) < 4.78 is 0. The molecule has 0 spiro atoms. The van der Waals surface area contributed by atoms with Gasteiger partial charge < -0.3 is 5.11 Å². The van der Waals surface area contributed by atoms with Gasteiger partial charge in [-0.15, -0.1) is 0 Å². The average molecular weight is 434 g/mol. The molecule has 1 unspecified atom stereocenters. The quantitative estimate of drug-likeness (QED) is 0.242. The van der Waals surface area contributed by atoms with Gasteiger partial charge in [0.2, 0.25) is 0 Å². The molecule has 1 atom stereocenters. The summed E-state index contributed by atoms with van der Waals surface area (Å²) in [5.41, 5.74) is 4.15. The van der Waals surface area contributed by atoms with Gasteiger partial charge in [-0.3, -0.25) is 14.5 Å². The first-order valence-corrected chi connectivity index (χ1v) is 10.9. The van der Waals surface area contributed by atoms with Crippen LogP contribution in [0.5, 0.6) is 0 Å². The first-order chi connectivity index (χ1) is 16.0. The van der Waals surface area contributed by atoms with Crippen molar-refractivity contribution < 1.29 is 14.7 Å². The van der Waals surface area contributed by atoms with Gasteiger partial charge in [0.25, 0.3) is 11.7 Å². The number of carbonyl (C=O) groups excluding carboxylic acids is 2. The van der Waals surface area contributed by atoms with Gasteiger partial charge in [0.05, 0.1) is 11.6 Å². The molecule has 0 bridgehead atoms. The van der Waals surface area contributed by atoms with Crippen LogP contribution in [-0.2, 0) is 9.59 Å². The zero-order valence-corrected chi connectivity index (χ0v) is 18.4. The third-order valence-electron chi connectivity index (χ3n) is 6.37. The smallest absolute Gasteiger partial charge is 0.300 e. The number of Topliss-reactive ketones (excluding diaryl/α,β-unsaturated/α-hetero) is 1. The highest BCUT2D eigenvalue weighted by molar-refractivity contribution is 6.51. The lowest BCUT2D eigenvalue weighted by atomic mass is 9.93. The van der Waals surface area contributed by atoms with Crippen LogP contribution in [0.1, 0.15) is 28.3 Å². The van der Waals surface area contributed by atoms with Crippen molar-refractivity contribution in [1.29, 1.82) is 0 Å². The number of hydrogen-bond donors (Lipinski definition) is 1. The Kier molecular flexibility index (Phi) is 5.06. The summed E-state index contributed by atoms with van der Waals surface area (Å²) >= 11 is 0. The highest BCUT2D eigenvalue weighted by Gasteiger charge is 2.47. The van der Waals surface area contributed by atoms with Crippen LogP contribution in [0.2, 0.25) is 0 Å². The summed E-state index contributed by atoms with van der Waals surface area (Å²) in [6, 6.07) is 27.6. The van der Waals surface area contributed by atoms with E-state index in [0.29, 0.717) is 11.3 Å². The van der Waals surface area contributed by atoms with Crippen molar-refractivity contribution in [2.45, 2.75) is 19.9 Å². The molecule has 0 aromatic heterocycles. The van der Waals surface area contributed by atoms with Crippen molar-refractivity contribution in [3.05, 3.63) is 119 Å². The number of aliphatic hydroxyl groups excluding tert-OH is 1. The normalized spacial score (nSPS) is 17.6. The number of aliphatic hydroxyl groups is 1. The minimum atomic E-state index is -0.729. The number of fused-ring (bicyclic) bond motifs is 1. The molecule has 1 aliphatic heterocycles. The third-order valence-corrected chi connectivity index (χ3v) is 6.37. The van der Waals surface area contributed by atoms with E-state index in [0.717, 1.165) is 27.5 Å². The molecule has 4 aromatic rings. The van der Waals surface area contributed by atoms with Crippen LogP contribution in [0.15, 0.2) is 96.6 Å². The van der Waals surface area contributed by atoms with Crippen molar-refractivity contribution in [3.63, 3.8) is 0 Å². The molecule has 162 valence electrons. The second kappa shape index (κ2) is 8.06. The minimum Gasteiger partial charge on any atom is -0.507 e. The fourth-order valence-electron chi connectivity index (χ4n) is 4.50. The predicted octanol–water partition coefficient (Wildman–Crippen LogP) is 6.08. The summed E-state index contributed by atoms with van der Waals surface area (Å²) in [4.78, 5) is 28.2. The zero-order chi connectivity index (χ0) is 23.1. The first-order valence-electron chi connectivity index (χ1n) is 10.9. The van der Waals surface area contributed by atoms with E-state index < -0.39 is 17.7 Å². The third kappa shape index (κ3) is 3.40. The summed E-state index contributed by atoms with van der Waals surface area (Å²) in [6.07, 6.45) is 0. The van der Waals surface area contributed by atoms with Crippen LogP contribution in [0.4, 0.5) is 5.69 Å². The standard InChI is InChI=1S/C29H23NO3/c1-18-15-16-22(17-19(18)2)30-26(21-10-4-3-5-11-21)25(28(32)29(30)33)27(31)24-14-8-12-20-9-6-7-13-23(20)24/h3-17,26,31H,1-2H3/b27-25-. The number of anilines is 1. The van der Waals surface area contributed by atoms with Crippen LogP contribution in [0, 0.1) is 13.8 Å². The fourth-order valence-corrected chi connectivity index (χ4v) is 4.50. The summed E-state index contributed by atoms with van der Waals surface area (Å²) in [5.74, 6) is -1.49. The van der Waals surface area contributed by atoms with Gasteiger partial charge in [0.15, 0.2) is 0 Å². The number of hydrogen-bond acceptors (Lipinski definition) is 3. The molecule has 1 aliphatic rings. The Morgan fingerprint density at radius 1 is 0.788 bits per heavy atom. The fraction of sp³-hybridized carbons (Fsp3) is 0.103. The topological polar surface area (TPSA) is 57.6 Å². The molecule has 0 saturated carbocycles. The largest absolute Gasteiger partial charge is 0.507 e. The summed E-state index contributed by atoms with van der Waals surface area (Å²) in [6.45, 7) is 3.98. The second-order valence-electron chi connectivity index (χ2n) is 8.38. The van der Waals surface area contributed by atoms with Crippen molar-refractivity contribution in [1.82, 2.24) is 0 Å². The zero-order valence-electron chi connectivity index (χ0n) is 18.4. The molecule has 0 aliphatic carbocycles. The van der Waals surface area contributed by atoms with E-state index in [9.17, 15) is 14.7 Å². The van der Waals surface area contributed by atoms with Crippen molar-refractivity contribution >= 4 is 33.9 Å². The number of nitrogens with zero attached hydrogens (tertiary/aromatic N) is 1. The SMILES string of the molecule is Cc1ccc(N2C(=O)C(=O)/C(=C(\O)c3cccc4ccccc34)C2c2ccccc2)cc1C. The lowest BCUT2D eigenvalue weighted by Crippen LogP contribution is -2.29. The van der Waals surface area contributed by atoms with Gasteiger partial charge in [-0.1, -0.05) is 78.9 Å². The maximum Gasteiger partial charge on any atom is 0.300 e. The van der Waals surface area contributed by atoms with E-state index in [1.54, 1.807) is 6.07 Å². The molecule has 4 heteroatoms. The number of carbonyl (C=O) groups is 2. The van der Waals surface area contributed by atoms with Gasteiger partial charge in [-0.25, -0.2) is 0 Å². The Bertz CT molecular complexity index is 1430. The Morgan fingerprint density at radius 2 is 1.48 bits per heavy atom. The van der Waals surface area contributed by atoms with Gasteiger partial charge in [0, 0.05) is 11.3 Å². The Labute approximate surface area is 192 Å². The summed E-state index contributed by atoms with van der Waals surface area (Å²) in [5, 5.41) is 13.2. The monoisotopic (exact) mass is 433 g/mol. The Morgan fingerprint density at radius 3 is 2.24 bits per heavy atom. The molecular weight excluding hydrogens is 410 g/mol. The minimum absolute atomic E-state index is 0.0979. The lowest BCUT2D eigenvalue weighted by molar-refractivity contribution is -0.132. The molecule has 4 nitrogen and oxygen atoms in total. The second-order valence-corrected chi connectivity index (χ2v) is 8.38. The number of benzene rings is 4. The number of rotatable bonds is 3. The molecule has 33 heavy (non-hydrogen) atoms. The molecule has 1 heterocycles. The number of amides is 1. The van der Waals surface area contributed by atoms with Crippen LogP contribution < -0.4 is 4.90 Å². The lowest BCUT2D eigenvalue weighted by Gasteiger charge is -2.26. The van der Waals surface area contributed by atoms with Gasteiger partial charge in [0.1, 0.15) is 5.76 Å². The Hall–Kier alpha value is -4.18. The van der Waals surface area contributed by atoms with Crippen LogP contribution >= 0.6 is 0 Å². The van der Waals surface area contributed by atoms with Crippen molar-refractivity contribution in [2.75, 3.05) is 4.90 Å². The highest BCUT2D eigenvalue weighted by Crippen LogP contribution is 2.43. The van der Waals surface area contributed by atoms with E-state index in [-0.39, 0.29) is 11.3 Å². The molecule has 1 N–H and O–H groups in total. The Balaban J connectivity index is 1.77. The maximum absolute atomic E-state index is 13.4. The van der Waals surface area contributed by atoms with E-state index in [1.165, 1.54) is 4.90 Å². The van der Waals surface area contributed by atoms with E-state index in [4.69, 9.17) is 0 Å². The molecule has 1 amide bonds. The van der Waals surface area contributed by atoms with Crippen LogP contribution in [-0.4, -0.2) is 16.8 Å². The van der Waals surface area contributed by atoms with Crippen LogP contribution in [0.25, 0.3) is 16.5 Å². The van der Waals surface area contributed by atoms with E-state index in [2.05, 4.69) is 0 Å². The van der Waals surface area contributed by atoms with Crippen molar-refractivity contribution in [3.8, 4) is 0 Å². The molecule has 1 fully saturated rings. The highest BCUT2D eigenvalue weighted by atomic mass is 16.3. The van der Waals surface area contributed by atoms with Gasteiger partial charge >= 0.3 is 0 Å². The first kappa shape index (κ1) is 20.7. The molecule has 5 rings (SSSR count). The van der Waals surface area contributed by atoms with Gasteiger partial charge in [-0.05, 0) is 53.4 Å². The van der Waals surface area contributed by atoms with E-state index in [1.807, 2.05) is 98.8 Å². The maximum atomic E-state index is 13.4. The molecule has 4 aromatic carbocycles. The molecule has 1 saturated heterocycles. The molecule has 0 radical (unpaired) electrons. The van der Waals surface area contributed by atoms with Gasteiger partial charge in [-0.2, -0.15) is 0 Å². The summed E-state index contributed by atoms with van der Waals surface area (Å²) in [7, 11) is 0. The number of ketones is 1. The van der Waals surface area contributed by atoms with E-state index >= 15 is 0 Å². The average Bonchev–Trinajstić information content (AvgIpc) is 3.11.